The van der Waals surface area contributed by atoms with E-state index < -0.39 is 0 Å². The Morgan fingerprint density at radius 2 is 1.68 bits per heavy atom. The summed E-state index contributed by atoms with van der Waals surface area (Å²) in [5.41, 5.74) is 6.31. The van der Waals surface area contributed by atoms with Crippen LogP contribution in [-0.2, 0) is 9.59 Å². The predicted molar refractivity (Wildman–Crippen MR) is 148 cm³/mol. The molecule has 0 radical (unpaired) electrons. The molecule has 0 aliphatic carbocycles. The summed E-state index contributed by atoms with van der Waals surface area (Å²) in [5, 5.41) is 6.90. The molecule has 8 nitrogen and oxygen atoms in total. The molecule has 9 heteroatoms. The maximum absolute atomic E-state index is 13.2. The Hall–Kier alpha value is -4.27. The van der Waals surface area contributed by atoms with E-state index in [2.05, 4.69) is 20.6 Å². The highest BCUT2D eigenvalue weighted by molar-refractivity contribution is 6.38. The quantitative estimate of drug-likeness (QED) is 0.363. The van der Waals surface area contributed by atoms with E-state index in [1.807, 2.05) is 67.5 Å². The summed E-state index contributed by atoms with van der Waals surface area (Å²) in [5.74, 6) is -0.242. The third-order valence-corrected chi connectivity index (χ3v) is 6.32. The molecule has 2 N–H and O–H groups in total. The molecule has 1 aromatic heterocycles. The Balaban J connectivity index is 1.56. The van der Waals surface area contributed by atoms with Crippen molar-refractivity contribution in [3.8, 4) is 0 Å². The van der Waals surface area contributed by atoms with Crippen LogP contribution in [-0.4, -0.2) is 54.4 Å². The lowest BCUT2D eigenvalue weighted by atomic mass is 9.99. The van der Waals surface area contributed by atoms with E-state index in [0.717, 1.165) is 28.0 Å². The van der Waals surface area contributed by atoms with Gasteiger partial charge < -0.3 is 20.4 Å². The monoisotopic (exact) mass is 512 g/mol. The van der Waals surface area contributed by atoms with Gasteiger partial charge in [-0.3, -0.25) is 19.6 Å². The first-order valence-corrected chi connectivity index (χ1v) is 12.0. The van der Waals surface area contributed by atoms with Crippen molar-refractivity contribution in [3.05, 3.63) is 89.2 Å². The maximum atomic E-state index is 13.2. The normalized spacial score (nSPS) is 13.9. The molecule has 1 aliphatic heterocycles. The van der Waals surface area contributed by atoms with Crippen LogP contribution in [0.2, 0.25) is 5.02 Å². The first-order chi connectivity index (χ1) is 17.8. The van der Waals surface area contributed by atoms with Crippen LogP contribution in [0.1, 0.15) is 11.1 Å². The molecular weight excluding hydrogens is 488 g/mol. The van der Waals surface area contributed by atoms with Crippen LogP contribution in [0.15, 0.2) is 73.1 Å². The summed E-state index contributed by atoms with van der Waals surface area (Å²) in [6.07, 6.45) is 3.28. The molecule has 37 heavy (non-hydrogen) atoms. The summed E-state index contributed by atoms with van der Waals surface area (Å²) < 4.78 is 0. The zero-order valence-corrected chi connectivity index (χ0v) is 21.4. The molecule has 2 amide bonds. The fourth-order valence-corrected chi connectivity index (χ4v) is 4.40. The van der Waals surface area contributed by atoms with Crippen molar-refractivity contribution < 1.29 is 9.59 Å². The number of hydrogen-bond acceptors (Lipinski definition) is 6. The molecule has 186 valence electrons. The molecule has 0 spiro atoms. The maximum Gasteiger partial charge on any atom is 0.258 e. The minimum absolute atomic E-state index is 0.0105. The SMILES string of the molecule is CN(C)CC(=O)N(C)c1ccc(N/C(=C2\C(=O)Nc3cc(Cl)ccc32)c2ccc3nccnc3c2)cc1. The van der Waals surface area contributed by atoms with Crippen molar-refractivity contribution in [2.24, 2.45) is 0 Å². The van der Waals surface area contributed by atoms with Gasteiger partial charge in [0.2, 0.25) is 5.91 Å². The Labute approximate surface area is 219 Å². The first-order valence-electron chi connectivity index (χ1n) is 11.7. The van der Waals surface area contributed by atoms with Crippen LogP contribution in [0.25, 0.3) is 22.3 Å². The first kappa shape index (κ1) is 24.4. The molecule has 0 unspecified atom stereocenters. The number of amides is 2. The Morgan fingerprint density at radius 1 is 0.946 bits per heavy atom. The standard InChI is InChI=1S/C28H25ClN6O2/c1-34(2)16-25(36)35(3)20-8-6-19(7-9-20)32-27(17-4-11-22-24(14-17)31-13-12-30-22)26-21-10-5-18(29)15-23(21)33-28(26)37/h4-15,32H,16H2,1-3H3,(H,33,37)/b27-26-. The second kappa shape index (κ2) is 10.0. The molecule has 3 aromatic carbocycles. The van der Waals surface area contributed by atoms with Crippen LogP contribution in [0.5, 0.6) is 0 Å². The molecule has 2 heterocycles. The number of nitrogens with zero attached hydrogens (tertiary/aromatic N) is 4. The number of carbonyl (C=O) groups is 2. The van der Waals surface area contributed by atoms with Gasteiger partial charge in [0, 0.05) is 47.0 Å². The van der Waals surface area contributed by atoms with E-state index in [9.17, 15) is 9.59 Å². The van der Waals surface area contributed by atoms with Crippen LogP contribution < -0.4 is 15.5 Å². The van der Waals surface area contributed by atoms with Gasteiger partial charge in [0.1, 0.15) is 0 Å². The van der Waals surface area contributed by atoms with Crippen LogP contribution >= 0.6 is 11.6 Å². The van der Waals surface area contributed by atoms with Gasteiger partial charge in [0.05, 0.1) is 34.5 Å². The third kappa shape index (κ3) is 5.02. The summed E-state index contributed by atoms with van der Waals surface area (Å²) >= 11 is 6.17. The fraction of sp³-hybridized carbons (Fsp3) is 0.143. The number of carbonyl (C=O) groups excluding carboxylic acids is 2. The lowest BCUT2D eigenvalue weighted by molar-refractivity contribution is -0.119. The van der Waals surface area contributed by atoms with Gasteiger partial charge in [0.15, 0.2) is 0 Å². The fourth-order valence-electron chi connectivity index (χ4n) is 4.22. The third-order valence-electron chi connectivity index (χ3n) is 6.08. The number of halogens is 1. The number of nitrogens with one attached hydrogen (secondary N) is 2. The highest BCUT2D eigenvalue weighted by Gasteiger charge is 2.29. The Morgan fingerprint density at radius 3 is 2.41 bits per heavy atom. The van der Waals surface area contributed by atoms with E-state index in [1.165, 1.54) is 0 Å². The topological polar surface area (TPSA) is 90.5 Å². The van der Waals surface area contributed by atoms with Gasteiger partial charge in [0.25, 0.3) is 5.91 Å². The molecular formula is C28H25ClN6O2. The van der Waals surface area contributed by atoms with E-state index in [4.69, 9.17) is 11.6 Å². The van der Waals surface area contributed by atoms with Crippen molar-refractivity contribution in [3.63, 3.8) is 0 Å². The van der Waals surface area contributed by atoms with Gasteiger partial charge in [-0.25, -0.2) is 0 Å². The summed E-state index contributed by atoms with van der Waals surface area (Å²) in [7, 11) is 5.47. The van der Waals surface area contributed by atoms with Gasteiger partial charge in [-0.05, 0) is 62.6 Å². The average molecular weight is 513 g/mol. The smallest absolute Gasteiger partial charge is 0.258 e. The van der Waals surface area contributed by atoms with Gasteiger partial charge in [-0.15, -0.1) is 0 Å². The van der Waals surface area contributed by atoms with Crippen molar-refractivity contribution in [2.75, 3.05) is 43.2 Å². The number of likely N-dealkylation sites (N-methyl/N-ethyl adjacent to an activating group) is 2. The summed E-state index contributed by atoms with van der Waals surface area (Å²) in [6, 6.07) is 18.5. The summed E-state index contributed by atoms with van der Waals surface area (Å²) in [6.45, 7) is 0.316. The minimum atomic E-state index is -0.232. The largest absolute Gasteiger partial charge is 0.354 e. The van der Waals surface area contributed by atoms with Crippen molar-refractivity contribution >= 4 is 62.8 Å². The highest BCUT2D eigenvalue weighted by atomic mass is 35.5. The zero-order chi connectivity index (χ0) is 26.1. The molecule has 0 saturated heterocycles. The Kier molecular flexibility index (Phi) is 6.60. The number of aromatic nitrogens is 2. The lowest BCUT2D eigenvalue weighted by Gasteiger charge is -2.20. The van der Waals surface area contributed by atoms with Crippen LogP contribution in [0, 0.1) is 0 Å². The minimum Gasteiger partial charge on any atom is -0.354 e. The second-order valence-electron chi connectivity index (χ2n) is 9.02. The van der Waals surface area contributed by atoms with E-state index in [0.29, 0.717) is 34.0 Å². The highest BCUT2D eigenvalue weighted by Crippen LogP contribution is 2.39. The number of benzene rings is 3. The second-order valence-corrected chi connectivity index (χ2v) is 9.45. The molecule has 0 bridgehead atoms. The van der Waals surface area contributed by atoms with E-state index in [1.54, 1.807) is 36.5 Å². The zero-order valence-electron chi connectivity index (χ0n) is 20.6. The molecule has 5 rings (SSSR count). The molecule has 0 fully saturated rings. The predicted octanol–water partition coefficient (Wildman–Crippen LogP) is 4.74. The van der Waals surface area contributed by atoms with Gasteiger partial charge in [-0.1, -0.05) is 23.7 Å². The average Bonchev–Trinajstić information content (AvgIpc) is 3.21. The molecule has 4 aromatic rings. The number of hydrogen-bond donors (Lipinski definition) is 2. The number of anilines is 3. The Bertz CT molecular complexity index is 1550. The van der Waals surface area contributed by atoms with Gasteiger partial charge >= 0.3 is 0 Å². The van der Waals surface area contributed by atoms with Crippen molar-refractivity contribution in [1.82, 2.24) is 14.9 Å². The molecule has 1 aliphatic rings. The van der Waals surface area contributed by atoms with Gasteiger partial charge in [-0.2, -0.15) is 0 Å². The lowest BCUT2D eigenvalue weighted by Crippen LogP contribution is -2.34. The van der Waals surface area contributed by atoms with Crippen LogP contribution in [0.4, 0.5) is 17.1 Å². The molecule has 0 saturated carbocycles. The number of rotatable bonds is 6. The van der Waals surface area contributed by atoms with E-state index >= 15 is 0 Å². The van der Waals surface area contributed by atoms with Crippen LogP contribution in [0.3, 0.4) is 0 Å². The number of fused-ring (bicyclic) bond motifs is 2. The molecule has 0 atom stereocenters. The van der Waals surface area contributed by atoms with E-state index in [-0.39, 0.29) is 11.8 Å². The van der Waals surface area contributed by atoms with Crippen molar-refractivity contribution in [2.45, 2.75) is 0 Å². The summed E-state index contributed by atoms with van der Waals surface area (Å²) in [4.78, 5) is 37.9. The van der Waals surface area contributed by atoms with Crippen molar-refractivity contribution in [1.29, 1.82) is 0 Å².